The number of aryl methyl sites for hydroxylation is 1. The maximum absolute atomic E-state index is 14.8. The number of hydrogen-bond acceptors (Lipinski definition) is 5. The molecule has 6 rings (SSSR count). The Kier molecular flexibility index (Phi) is 13.9. The number of hydrogen-bond donors (Lipinski definition) is 1. The molecule has 0 amide bonds. The summed E-state index contributed by atoms with van der Waals surface area (Å²) in [4.78, 5) is 34.7. The number of Topliss-reactive ketones (excluding diaryl/α,β-unsaturated/α-hetero) is 2. The molecule has 14 heteroatoms. The van der Waals surface area contributed by atoms with E-state index in [4.69, 9.17) is 32.7 Å². The molecule has 1 aromatic heterocycles. The fourth-order valence-corrected chi connectivity index (χ4v) is 5.92. The summed E-state index contributed by atoms with van der Waals surface area (Å²) in [5.74, 6) is -4.46. The van der Waals surface area contributed by atoms with Gasteiger partial charge in [-0.3, -0.25) is 4.79 Å². The van der Waals surface area contributed by atoms with Gasteiger partial charge in [0.15, 0.2) is 5.78 Å². The summed E-state index contributed by atoms with van der Waals surface area (Å²) in [5, 5.41) is 10.1. The summed E-state index contributed by atoms with van der Waals surface area (Å²) in [7, 11) is 0. The lowest BCUT2D eigenvalue weighted by atomic mass is 10.0. The second-order valence-corrected chi connectivity index (χ2v) is 13.5. The van der Waals surface area contributed by atoms with E-state index in [1.54, 1.807) is 47.9 Å². The van der Waals surface area contributed by atoms with Gasteiger partial charge in [0.05, 0.1) is 22.5 Å². The summed E-state index contributed by atoms with van der Waals surface area (Å²) < 4.78 is 81.4. The third kappa shape index (κ3) is 10.9. The molecule has 0 radical (unpaired) electrons. The molecule has 5 aromatic carbocycles. The van der Waals surface area contributed by atoms with Crippen molar-refractivity contribution in [1.29, 1.82) is 0 Å². The Balaban J connectivity index is 0.000000230. The van der Waals surface area contributed by atoms with Gasteiger partial charge in [0.1, 0.15) is 59.6 Å². The average molecular weight is 825 g/mol. The van der Waals surface area contributed by atoms with Gasteiger partial charge < -0.3 is 23.9 Å². The van der Waals surface area contributed by atoms with Crippen molar-refractivity contribution in [2.75, 3.05) is 0 Å². The predicted molar refractivity (Wildman–Crippen MR) is 205 cm³/mol. The fraction of sp³-hybridized carbons (Fsp3) is 0.140. The van der Waals surface area contributed by atoms with Gasteiger partial charge in [0.25, 0.3) is 0 Å². The van der Waals surface area contributed by atoms with Crippen LogP contribution >= 0.6 is 23.2 Å². The van der Waals surface area contributed by atoms with Crippen LogP contribution in [0.25, 0.3) is 16.9 Å². The number of ketones is 2. The number of carboxylic acids is 1. The second-order valence-electron chi connectivity index (χ2n) is 12.6. The topological polar surface area (TPSA) is 94.8 Å². The summed E-state index contributed by atoms with van der Waals surface area (Å²) in [6, 6.07) is 22.6. The number of carbonyl (C=O) groups is 3. The minimum Gasteiger partial charge on any atom is -0.488 e. The van der Waals surface area contributed by atoms with Crippen LogP contribution in [0.4, 0.5) is 22.0 Å². The van der Waals surface area contributed by atoms with E-state index in [2.05, 4.69) is 0 Å². The fourth-order valence-electron chi connectivity index (χ4n) is 5.57. The van der Waals surface area contributed by atoms with E-state index in [1.165, 1.54) is 43.3 Å². The summed E-state index contributed by atoms with van der Waals surface area (Å²) >= 11 is 12.1. The molecule has 0 aliphatic heterocycles. The van der Waals surface area contributed by atoms with Crippen molar-refractivity contribution in [2.24, 2.45) is 0 Å². The van der Waals surface area contributed by atoms with E-state index in [0.29, 0.717) is 32.7 Å². The first-order chi connectivity index (χ1) is 27.1. The van der Waals surface area contributed by atoms with Crippen molar-refractivity contribution >= 4 is 40.7 Å². The quantitative estimate of drug-likeness (QED) is 0.0921. The van der Waals surface area contributed by atoms with Crippen molar-refractivity contribution in [3.05, 3.63) is 170 Å². The third-order valence-electron chi connectivity index (χ3n) is 8.47. The number of nitrogens with zero attached hydrogens (tertiary/aromatic N) is 1. The highest BCUT2D eigenvalue weighted by molar-refractivity contribution is 6.31. The molecule has 1 heterocycles. The van der Waals surface area contributed by atoms with Gasteiger partial charge in [-0.25, -0.2) is 26.7 Å². The number of rotatable bonds is 13. The van der Waals surface area contributed by atoms with Crippen LogP contribution in [0.2, 0.25) is 10.0 Å². The lowest BCUT2D eigenvalue weighted by Gasteiger charge is -2.17. The van der Waals surface area contributed by atoms with Crippen LogP contribution in [0.1, 0.15) is 57.3 Å². The van der Waals surface area contributed by atoms with Gasteiger partial charge in [-0.05, 0) is 105 Å². The summed E-state index contributed by atoms with van der Waals surface area (Å²) in [6.45, 7) is 2.80. The van der Waals surface area contributed by atoms with Gasteiger partial charge >= 0.3 is 5.97 Å². The predicted octanol–water partition coefficient (Wildman–Crippen LogP) is 11.5. The van der Waals surface area contributed by atoms with E-state index < -0.39 is 35.1 Å². The summed E-state index contributed by atoms with van der Waals surface area (Å²) in [6.07, 6.45) is 0.161. The van der Waals surface area contributed by atoms with Gasteiger partial charge in [-0.2, -0.15) is 0 Å². The molecule has 0 saturated heterocycles. The molecule has 0 unspecified atom stereocenters. The van der Waals surface area contributed by atoms with Crippen molar-refractivity contribution in [1.82, 2.24) is 4.57 Å². The van der Waals surface area contributed by atoms with E-state index in [0.717, 1.165) is 30.3 Å². The van der Waals surface area contributed by atoms with E-state index in [1.807, 2.05) is 0 Å². The zero-order valence-corrected chi connectivity index (χ0v) is 31.7. The van der Waals surface area contributed by atoms with Crippen LogP contribution in [-0.4, -0.2) is 27.2 Å². The maximum atomic E-state index is 14.8. The van der Waals surface area contributed by atoms with E-state index in [-0.39, 0.29) is 71.3 Å². The first kappa shape index (κ1) is 42.2. The molecule has 0 fully saturated rings. The first-order valence-corrected chi connectivity index (χ1v) is 17.8. The van der Waals surface area contributed by atoms with E-state index in [9.17, 15) is 41.4 Å². The van der Waals surface area contributed by atoms with Crippen LogP contribution in [0.3, 0.4) is 0 Å². The monoisotopic (exact) mass is 823 g/mol. The molecule has 1 N–H and O–H groups in total. The number of halogens is 7. The molecule has 0 aliphatic carbocycles. The van der Waals surface area contributed by atoms with Gasteiger partial charge in [-0.1, -0.05) is 23.2 Å². The van der Waals surface area contributed by atoms with Crippen LogP contribution < -0.4 is 9.47 Å². The van der Waals surface area contributed by atoms with Gasteiger partial charge in [0, 0.05) is 57.4 Å². The molecule has 0 bridgehead atoms. The lowest BCUT2D eigenvalue weighted by Crippen LogP contribution is -2.07. The maximum Gasteiger partial charge on any atom is 0.335 e. The Labute approximate surface area is 333 Å². The molecule has 0 atom stereocenters. The average Bonchev–Trinajstić information content (AvgIpc) is 3.54. The minimum atomic E-state index is -1.18. The normalized spacial score (nSPS) is 10.8. The number of aromatic carboxylic acids is 1. The zero-order valence-electron chi connectivity index (χ0n) is 30.2. The molecule has 7 nitrogen and oxygen atoms in total. The molecule has 0 spiro atoms. The number of carbonyl (C=O) groups excluding carboxylic acids is 2. The van der Waals surface area contributed by atoms with Crippen molar-refractivity contribution in [3.8, 4) is 28.4 Å². The van der Waals surface area contributed by atoms with Gasteiger partial charge in [0.2, 0.25) is 0 Å². The third-order valence-corrected chi connectivity index (χ3v) is 8.94. The van der Waals surface area contributed by atoms with Gasteiger partial charge in [-0.15, -0.1) is 0 Å². The SMILES string of the molecule is CC(=O)CCC(=O)c1cc(Cl)ccc1OCc1ccc(F)cc1F.Cc1ccc(-c2cc(Cl)ccc2OCc2ccc(F)cc2F)n1-c1cc(C(=O)O)ccc1F. The number of benzene rings is 5. The van der Waals surface area contributed by atoms with Crippen LogP contribution in [0.5, 0.6) is 11.5 Å². The van der Waals surface area contributed by atoms with Crippen LogP contribution in [0, 0.1) is 36.0 Å². The highest BCUT2D eigenvalue weighted by Crippen LogP contribution is 2.37. The molecule has 6 aromatic rings. The number of aromatic nitrogens is 1. The second kappa shape index (κ2) is 18.8. The van der Waals surface area contributed by atoms with E-state index >= 15 is 0 Å². The molecular formula is C43H32Cl2F5NO6. The van der Waals surface area contributed by atoms with Crippen LogP contribution in [0.15, 0.2) is 103 Å². The van der Waals surface area contributed by atoms with Crippen LogP contribution in [-0.2, 0) is 18.0 Å². The Morgan fingerprint density at radius 3 is 1.81 bits per heavy atom. The minimum absolute atomic E-state index is 0.0386. The van der Waals surface area contributed by atoms with Crippen molar-refractivity contribution in [3.63, 3.8) is 0 Å². The Bertz CT molecular complexity index is 2470. The first-order valence-electron chi connectivity index (χ1n) is 17.1. The Morgan fingerprint density at radius 2 is 1.23 bits per heavy atom. The Hall–Kier alpha value is -5.98. The molecular weight excluding hydrogens is 792 g/mol. The lowest BCUT2D eigenvalue weighted by molar-refractivity contribution is -0.117. The standard InChI is InChI=1S/C25H17ClF3NO3.C18H15ClF2O3/c1-14-2-8-22(30(14)23-10-15(25(31)32)4-7-20(23)28)19-11-17(26)5-9-24(19)33-13-16-3-6-18(27)12-21(16)29;1-11(22)2-6-17(23)15-8-13(19)4-7-18(15)24-10-12-3-5-14(20)9-16(12)21/h2-12H,13H2,1H3,(H,31,32);3-5,7-9H,2,6,10H2,1H3. The van der Waals surface area contributed by atoms with Crippen molar-refractivity contribution in [2.45, 2.75) is 39.9 Å². The highest BCUT2D eigenvalue weighted by Gasteiger charge is 2.20. The largest absolute Gasteiger partial charge is 0.488 e. The summed E-state index contributed by atoms with van der Waals surface area (Å²) in [5.41, 5.74) is 2.14. The Morgan fingerprint density at radius 1 is 0.649 bits per heavy atom. The smallest absolute Gasteiger partial charge is 0.335 e. The molecule has 294 valence electrons. The number of carboxylic acid groups (broad SMARTS) is 1. The van der Waals surface area contributed by atoms with Crippen molar-refractivity contribution < 1.29 is 50.9 Å². The molecule has 0 saturated carbocycles. The number of ether oxygens (including phenoxy) is 2. The molecule has 57 heavy (non-hydrogen) atoms. The molecule has 0 aliphatic rings. The zero-order chi connectivity index (χ0) is 41.4. The highest BCUT2D eigenvalue weighted by atomic mass is 35.5.